The Bertz CT molecular complexity index is 1360. The fourth-order valence-electron chi connectivity index (χ4n) is 3.20. The van der Waals surface area contributed by atoms with E-state index in [0.29, 0.717) is 28.2 Å². The van der Waals surface area contributed by atoms with Gasteiger partial charge in [-0.3, -0.25) is 14.9 Å². The molecule has 0 radical (unpaired) electrons. The van der Waals surface area contributed by atoms with Crippen LogP contribution in [-0.4, -0.2) is 29.1 Å². The molecule has 0 bridgehead atoms. The number of amides is 1. The van der Waals surface area contributed by atoms with Crippen LogP contribution in [0.3, 0.4) is 0 Å². The molecule has 0 spiro atoms. The van der Waals surface area contributed by atoms with E-state index < -0.39 is 4.92 Å². The highest BCUT2D eigenvalue weighted by molar-refractivity contribution is 7.21. The third-order valence-electron chi connectivity index (χ3n) is 4.94. The maximum Gasteiger partial charge on any atom is 0.289 e. The van der Waals surface area contributed by atoms with Gasteiger partial charge in [-0.1, -0.05) is 11.3 Å². The first-order valence-electron chi connectivity index (χ1n) is 9.24. The lowest BCUT2D eigenvalue weighted by Gasteiger charge is -2.06. The predicted octanol–water partition coefficient (Wildman–Crippen LogP) is 4.83. The molecule has 0 atom stereocenters. The smallest absolute Gasteiger partial charge is 0.289 e. The van der Waals surface area contributed by atoms with Crippen LogP contribution >= 0.6 is 22.7 Å². The minimum absolute atomic E-state index is 0.00360. The molecule has 30 heavy (non-hydrogen) atoms. The van der Waals surface area contributed by atoms with Crippen LogP contribution in [0.4, 0.5) is 5.69 Å². The number of fused-ring (bicyclic) bond motifs is 2. The Morgan fingerprint density at radius 3 is 2.63 bits per heavy atom. The number of nitro groups is 1. The number of aromatic nitrogens is 1. The van der Waals surface area contributed by atoms with E-state index in [-0.39, 0.29) is 11.6 Å². The first-order chi connectivity index (χ1) is 14.4. The number of non-ortho nitro benzene ring substituents is 1. The number of carbonyl (C=O) groups is 1. The van der Waals surface area contributed by atoms with Crippen molar-refractivity contribution in [1.82, 2.24) is 4.57 Å². The lowest BCUT2D eigenvalue weighted by molar-refractivity contribution is -0.384. The number of benzene rings is 2. The molecule has 7 nitrogen and oxygen atoms in total. The van der Waals surface area contributed by atoms with E-state index in [1.165, 1.54) is 45.9 Å². The zero-order valence-corrected chi connectivity index (χ0v) is 18.3. The van der Waals surface area contributed by atoms with Gasteiger partial charge < -0.3 is 9.30 Å². The molecular weight excluding hydrogens is 422 g/mol. The molecule has 0 aliphatic rings. The second kappa shape index (κ2) is 8.10. The number of nitrogens with zero attached hydrogens (tertiary/aromatic N) is 3. The Kier molecular flexibility index (Phi) is 5.50. The number of thiazole rings is 1. The van der Waals surface area contributed by atoms with Crippen LogP contribution in [0.1, 0.15) is 20.8 Å². The molecule has 4 aromatic rings. The molecule has 2 aromatic carbocycles. The van der Waals surface area contributed by atoms with Crippen molar-refractivity contribution in [1.29, 1.82) is 0 Å². The molecule has 0 unspecified atom stereocenters. The highest BCUT2D eigenvalue weighted by Crippen LogP contribution is 2.29. The Labute approximate surface area is 180 Å². The standard InChI is InChI=1S/C21H19N3O4S2/c1-12-8-16-18(9-13(12)2)30-21(23(16)6-7-28-3)22-20(25)19-11-14-10-15(24(26)27)4-5-17(14)29-19/h4-5,8-11H,6-7H2,1-3H3. The van der Waals surface area contributed by atoms with E-state index in [1.54, 1.807) is 19.2 Å². The van der Waals surface area contributed by atoms with Crippen molar-refractivity contribution in [2.45, 2.75) is 20.4 Å². The molecule has 4 rings (SSSR count). The first kappa shape index (κ1) is 20.4. The van der Waals surface area contributed by atoms with Crippen LogP contribution in [0.5, 0.6) is 0 Å². The average molecular weight is 442 g/mol. The summed E-state index contributed by atoms with van der Waals surface area (Å²) in [5.41, 5.74) is 3.39. The van der Waals surface area contributed by atoms with Crippen LogP contribution in [-0.2, 0) is 11.3 Å². The zero-order valence-electron chi connectivity index (χ0n) is 16.7. The molecule has 0 fully saturated rings. The summed E-state index contributed by atoms with van der Waals surface area (Å²) in [6.07, 6.45) is 0. The van der Waals surface area contributed by atoms with Gasteiger partial charge in [-0.25, -0.2) is 0 Å². The molecule has 0 saturated carbocycles. The monoisotopic (exact) mass is 441 g/mol. The van der Waals surface area contributed by atoms with Gasteiger partial charge in [-0.2, -0.15) is 4.99 Å². The number of aryl methyl sites for hydroxylation is 2. The van der Waals surface area contributed by atoms with E-state index in [4.69, 9.17) is 4.74 Å². The molecule has 154 valence electrons. The van der Waals surface area contributed by atoms with Gasteiger partial charge in [0.25, 0.3) is 11.6 Å². The van der Waals surface area contributed by atoms with Crippen molar-refractivity contribution < 1.29 is 14.5 Å². The van der Waals surface area contributed by atoms with E-state index >= 15 is 0 Å². The molecule has 1 amide bonds. The van der Waals surface area contributed by atoms with Gasteiger partial charge in [0.05, 0.1) is 26.6 Å². The van der Waals surface area contributed by atoms with Crippen molar-refractivity contribution in [2.24, 2.45) is 4.99 Å². The number of ether oxygens (including phenoxy) is 1. The number of nitro benzene ring substituents is 1. The SMILES string of the molecule is COCCn1c(=NC(=O)c2cc3cc([N+](=O)[O-])ccc3s2)sc2cc(C)c(C)cc21. The van der Waals surface area contributed by atoms with Crippen LogP contribution < -0.4 is 4.80 Å². The summed E-state index contributed by atoms with van der Waals surface area (Å²) in [5, 5.41) is 11.7. The second-order valence-electron chi connectivity index (χ2n) is 6.94. The molecule has 2 heterocycles. The molecule has 0 saturated heterocycles. The first-order valence-corrected chi connectivity index (χ1v) is 10.9. The van der Waals surface area contributed by atoms with Gasteiger partial charge in [0.15, 0.2) is 4.80 Å². The molecular formula is C21H19N3O4S2. The molecule has 0 aliphatic heterocycles. The van der Waals surface area contributed by atoms with Gasteiger partial charge >= 0.3 is 0 Å². The second-order valence-corrected chi connectivity index (χ2v) is 9.03. The Morgan fingerprint density at radius 1 is 1.13 bits per heavy atom. The quantitative estimate of drug-likeness (QED) is 0.328. The third-order valence-corrected chi connectivity index (χ3v) is 7.08. The number of rotatable bonds is 5. The summed E-state index contributed by atoms with van der Waals surface area (Å²) in [7, 11) is 1.64. The molecule has 0 aliphatic carbocycles. The van der Waals surface area contributed by atoms with Crippen LogP contribution in [0.2, 0.25) is 0 Å². The van der Waals surface area contributed by atoms with Gasteiger partial charge in [0.1, 0.15) is 0 Å². The van der Waals surface area contributed by atoms with Gasteiger partial charge in [0, 0.05) is 35.9 Å². The topological polar surface area (TPSA) is 86.7 Å². The summed E-state index contributed by atoms with van der Waals surface area (Å²) in [6, 6.07) is 10.5. The summed E-state index contributed by atoms with van der Waals surface area (Å²) >= 11 is 2.75. The minimum atomic E-state index is -0.442. The third kappa shape index (κ3) is 3.79. The van der Waals surface area contributed by atoms with Crippen LogP contribution in [0, 0.1) is 24.0 Å². The molecule has 0 N–H and O–H groups in total. The van der Waals surface area contributed by atoms with Crippen molar-refractivity contribution in [3.05, 3.63) is 67.3 Å². The lowest BCUT2D eigenvalue weighted by Crippen LogP contribution is -2.19. The fourth-order valence-corrected chi connectivity index (χ4v) is 5.26. The largest absolute Gasteiger partial charge is 0.383 e. The number of thiophene rings is 1. The van der Waals surface area contributed by atoms with Crippen LogP contribution in [0.15, 0.2) is 41.4 Å². The minimum Gasteiger partial charge on any atom is -0.383 e. The Hall–Kier alpha value is -2.88. The van der Waals surface area contributed by atoms with Gasteiger partial charge in [-0.05, 0) is 49.2 Å². The van der Waals surface area contributed by atoms with E-state index in [0.717, 1.165) is 14.9 Å². The van der Waals surface area contributed by atoms with E-state index in [9.17, 15) is 14.9 Å². The summed E-state index contributed by atoms with van der Waals surface area (Å²) in [6.45, 7) is 5.22. The van der Waals surface area contributed by atoms with E-state index in [1.807, 2.05) is 4.57 Å². The number of hydrogen-bond acceptors (Lipinski definition) is 6. The fraction of sp³-hybridized carbons (Fsp3) is 0.238. The zero-order chi connectivity index (χ0) is 21.4. The molecule has 9 heteroatoms. The highest BCUT2D eigenvalue weighted by atomic mass is 32.1. The predicted molar refractivity (Wildman–Crippen MR) is 120 cm³/mol. The number of hydrogen-bond donors (Lipinski definition) is 0. The maximum atomic E-state index is 12.9. The summed E-state index contributed by atoms with van der Waals surface area (Å²) in [5.74, 6) is -0.356. The average Bonchev–Trinajstić information content (AvgIpc) is 3.27. The van der Waals surface area contributed by atoms with Gasteiger partial charge in [-0.15, -0.1) is 11.3 Å². The number of carbonyl (C=O) groups excluding carboxylic acids is 1. The molecule has 2 aromatic heterocycles. The van der Waals surface area contributed by atoms with Crippen LogP contribution in [0.25, 0.3) is 20.3 Å². The summed E-state index contributed by atoms with van der Waals surface area (Å²) < 4.78 is 9.12. The van der Waals surface area contributed by atoms with E-state index in [2.05, 4.69) is 31.0 Å². The van der Waals surface area contributed by atoms with Crippen molar-refractivity contribution >= 4 is 54.6 Å². The number of methoxy groups -OCH3 is 1. The Morgan fingerprint density at radius 2 is 1.90 bits per heavy atom. The van der Waals surface area contributed by atoms with Crippen molar-refractivity contribution in [3.8, 4) is 0 Å². The van der Waals surface area contributed by atoms with Gasteiger partial charge in [0.2, 0.25) is 0 Å². The van der Waals surface area contributed by atoms with Crippen molar-refractivity contribution in [3.63, 3.8) is 0 Å². The van der Waals surface area contributed by atoms with Crippen molar-refractivity contribution in [2.75, 3.05) is 13.7 Å². The summed E-state index contributed by atoms with van der Waals surface area (Å²) in [4.78, 5) is 28.9. The lowest BCUT2D eigenvalue weighted by atomic mass is 10.1. The maximum absolute atomic E-state index is 12.9. The highest BCUT2D eigenvalue weighted by Gasteiger charge is 2.15. The Balaban J connectivity index is 1.80. The normalized spacial score (nSPS) is 12.2.